The van der Waals surface area contributed by atoms with Crippen molar-refractivity contribution in [2.24, 2.45) is 0 Å². The van der Waals surface area contributed by atoms with E-state index in [2.05, 4.69) is 26.6 Å². The zero-order valence-corrected chi connectivity index (χ0v) is 14.8. The fraction of sp³-hybridized carbons (Fsp3) is 0.176. The Bertz CT molecular complexity index is 688. The van der Waals surface area contributed by atoms with Crippen molar-refractivity contribution in [3.63, 3.8) is 0 Å². The topological polar surface area (TPSA) is 41.1 Å². The Hall–Kier alpha value is -1.72. The third kappa shape index (κ3) is 4.39. The second-order valence-corrected chi connectivity index (χ2v) is 6.29. The van der Waals surface area contributed by atoms with Crippen LogP contribution in [0, 0.1) is 6.92 Å². The van der Waals surface area contributed by atoms with Crippen molar-refractivity contribution in [3.8, 4) is 0 Å². The smallest absolute Gasteiger partial charge is 0.257 e. The largest absolute Gasteiger partial charge is 0.356 e. The van der Waals surface area contributed by atoms with E-state index in [4.69, 9.17) is 12.2 Å². The molecule has 0 fully saturated rings. The highest BCUT2D eigenvalue weighted by Crippen LogP contribution is 2.17. The molecule has 0 saturated carbocycles. The summed E-state index contributed by atoms with van der Waals surface area (Å²) in [5.74, 6) is -0.224. The van der Waals surface area contributed by atoms with E-state index in [1.54, 1.807) is 12.1 Å². The van der Waals surface area contributed by atoms with Crippen molar-refractivity contribution in [2.75, 3.05) is 0 Å². The molecule has 5 heteroatoms. The number of hydrogen-bond acceptors (Lipinski definition) is 2. The van der Waals surface area contributed by atoms with E-state index in [1.807, 2.05) is 50.2 Å². The van der Waals surface area contributed by atoms with Crippen molar-refractivity contribution >= 4 is 39.2 Å². The number of hydrogen-bond donors (Lipinski definition) is 2. The predicted molar refractivity (Wildman–Crippen MR) is 96.9 cm³/mol. The average molecular weight is 377 g/mol. The van der Waals surface area contributed by atoms with Gasteiger partial charge in [-0.2, -0.15) is 0 Å². The third-order valence-corrected chi connectivity index (χ3v) is 4.38. The summed E-state index contributed by atoms with van der Waals surface area (Å²) in [7, 11) is 0. The van der Waals surface area contributed by atoms with E-state index in [0.717, 1.165) is 15.6 Å². The summed E-state index contributed by atoms with van der Waals surface area (Å²) in [4.78, 5) is 12.2. The number of aryl methyl sites for hydroxylation is 1. The molecule has 0 aromatic heterocycles. The first kappa shape index (κ1) is 16.6. The molecule has 2 N–H and O–H groups in total. The maximum Gasteiger partial charge on any atom is 0.257 e. The highest BCUT2D eigenvalue weighted by molar-refractivity contribution is 9.10. The molecule has 0 aliphatic rings. The van der Waals surface area contributed by atoms with Gasteiger partial charge in [-0.1, -0.05) is 52.3 Å². The molecule has 114 valence electrons. The monoisotopic (exact) mass is 376 g/mol. The molecule has 0 saturated heterocycles. The number of carbonyl (C=O) groups excluding carboxylic acids is 1. The fourth-order valence-electron chi connectivity index (χ4n) is 1.97. The summed E-state index contributed by atoms with van der Waals surface area (Å²) in [6.45, 7) is 3.97. The van der Waals surface area contributed by atoms with Gasteiger partial charge < -0.3 is 5.32 Å². The molecule has 0 aliphatic heterocycles. The molecule has 1 amide bonds. The van der Waals surface area contributed by atoms with Gasteiger partial charge in [0, 0.05) is 10.0 Å². The van der Waals surface area contributed by atoms with Gasteiger partial charge in [0.2, 0.25) is 0 Å². The Labute approximate surface area is 144 Å². The van der Waals surface area contributed by atoms with Crippen LogP contribution in [0.1, 0.15) is 34.5 Å². The molecular weight excluding hydrogens is 360 g/mol. The van der Waals surface area contributed by atoms with E-state index in [1.165, 1.54) is 0 Å². The van der Waals surface area contributed by atoms with Gasteiger partial charge in [-0.25, -0.2) is 0 Å². The number of benzene rings is 2. The summed E-state index contributed by atoms with van der Waals surface area (Å²) < 4.78 is 0.900. The molecule has 22 heavy (non-hydrogen) atoms. The summed E-state index contributed by atoms with van der Waals surface area (Å²) in [5.41, 5.74) is 2.75. The highest BCUT2D eigenvalue weighted by Gasteiger charge is 2.11. The Morgan fingerprint density at radius 1 is 1.18 bits per heavy atom. The molecule has 0 spiro atoms. The van der Waals surface area contributed by atoms with Crippen LogP contribution in [-0.4, -0.2) is 11.0 Å². The van der Waals surface area contributed by atoms with Gasteiger partial charge in [-0.05, 0) is 49.3 Å². The van der Waals surface area contributed by atoms with Gasteiger partial charge in [0.05, 0.1) is 6.04 Å². The zero-order valence-electron chi connectivity index (χ0n) is 12.4. The Morgan fingerprint density at radius 2 is 1.86 bits per heavy atom. The zero-order chi connectivity index (χ0) is 16.1. The molecule has 0 heterocycles. The molecule has 2 aromatic carbocycles. The quantitative estimate of drug-likeness (QED) is 0.791. The van der Waals surface area contributed by atoms with Gasteiger partial charge in [0.25, 0.3) is 5.91 Å². The van der Waals surface area contributed by atoms with Crippen LogP contribution in [0.15, 0.2) is 53.0 Å². The number of carbonyl (C=O) groups is 1. The lowest BCUT2D eigenvalue weighted by atomic mass is 10.1. The molecule has 1 atom stereocenters. The molecule has 0 aliphatic carbocycles. The molecule has 3 nitrogen and oxygen atoms in total. The standard InChI is InChI=1S/C17H17BrN2OS/c1-11-8-9-14(10-15(11)18)16(21)20-17(22)19-12(2)13-6-4-3-5-7-13/h3-10,12H,1-2H3,(H2,19,20,21,22). The minimum atomic E-state index is -0.224. The normalized spacial score (nSPS) is 11.6. The van der Waals surface area contributed by atoms with Gasteiger partial charge in [0.1, 0.15) is 0 Å². The second-order valence-electron chi connectivity index (χ2n) is 5.02. The van der Waals surface area contributed by atoms with Crippen LogP contribution in [-0.2, 0) is 0 Å². The van der Waals surface area contributed by atoms with E-state index in [0.29, 0.717) is 10.7 Å². The van der Waals surface area contributed by atoms with E-state index >= 15 is 0 Å². The lowest BCUT2D eigenvalue weighted by Crippen LogP contribution is -2.40. The van der Waals surface area contributed by atoms with Crippen molar-refractivity contribution in [1.29, 1.82) is 0 Å². The number of amides is 1. The van der Waals surface area contributed by atoms with Crippen molar-refractivity contribution < 1.29 is 4.79 Å². The Kier molecular flexibility index (Phi) is 5.69. The molecule has 0 radical (unpaired) electrons. The third-order valence-electron chi connectivity index (χ3n) is 3.31. The van der Waals surface area contributed by atoms with Crippen LogP contribution in [0.25, 0.3) is 0 Å². The molecule has 0 bridgehead atoms. The van der Waals surface area contributed by atoms with Gasteiger partial charge >= 0.3 is 0 Å². The van der Waals surface area contributed by atoms with Crippen LogP contribution >= 0.6 is 28.1 Å². The predicted octanol–water partition coefficient (Wildman–Crippen LogP) is 4.12. The first-order chi connectivity index (χ1) is 10.5. The van der Waals surface area contributed by atoms with Crippen LogP contribution < -0.4 is 10.6 Å². The summed E-state index contributed by atoms with van der Waals surface area (Å²) in [6, 6.07) is 15.4. The fourth-order valence-corrected chi connectivity index (χ4v) is 2.62. The van der Waals surface area contributed by atoms with E-state index < -0.39 is 0 Å². The first-order valence-electron chi connectivity index (χ1n) is 6.90. The maximum absolute atomic E-state index is 12.2. The Balaban J connectivity index is 1.96. The molecule has 2 aromatic rings. The van der Waals surface area contributed by atoms with Crippen LogP contribution in [0.4, 0.5) is 0 Å². The van der Waals surface area contributed by atoms with Gasteiger partial charge in [-0.15, -0.1) is 0 Å². The average Bonchev–Trinajstić information content (AvgIpc) is 2.50. The second kappa shape index (κ2) is 7.51. The Morgan fingerprint density at radius 3 is 2.50 bits per heavy atom. The van der Waals surface area contributed by atoms with Gasteiger partial charge in [0.15, 0.2) is 5.11 Å². The summed E-state index contributed by atoms with van der Waals surface area (Å²) in [6.07, 6.45) is 0. The molecule has 2 rings (SSSR count). The number of nitrogens with one attached hydrogen (secondary N) is 2. The molecular formula is C17H17BrN2OS. The maximum atomic E-state index is 12.2. The van der Waals surface area contributed by atoms with Crippen LogP contribution in [0.2, 0.25) is 0 Å². The summed E-state index contributed by atoms with van der Waals surface area (Å²) in [5, 5.41) is 6.13. The van der Waals surface area contributed by atoms with Crippen LogP contribution in [0.3, 0.4) is 0 Å². The highest BCUT2D eigenvalue weighted by atomic mass is 79.9. The summed E-state index contributed by atoms with van der Waals surface area (Å²) >= 11 is 8.63. The number of rotatable bonds is 3. The van der Waals surface area contributed by atoms with Crippen molar-refractivity contribution in [2.45, 2.75) is 19.9 Å². The number of thiocarbonyl (C=S) groups is 1. The van der Waals surface area contributed by atoms with Gasteiger partial charge in [-0.3, -0.25) is 10.1 Å². The van der Waals surface area contributed by atoms with Crippen molar-refractivity contribution in [3.05, 3.63) is 69.7 Å². The lowest BCUT2D eigenvalue weighted by molar-refractivity contribution is 0.0976. The first-order valence-corrected chi connectivity index (χ1v) is 8.10. The number of halogens is 1. The van der Waals surface area contributed by atoms with E-state index in [9.17, 15) is 4.79 Å². The SMILES string of the molecule is Cc1ccc(C(=O)NC(=S)NC(C)c2ccccc2)cc1Br. The minimum Gasteiger partial charge on any atom is -0.356 e. The van der Waals surface area contributed by atoms with Crippen molar-refractivity contribution in [1.82, 2.24) is 10.6 Å². The van der Waals surface area contributed by atoms with E-state index in [-0.39, 0.29) is 11.9 Å². The lowest BCUT2D eigenvalue weighted by Gasteiger charge is -2.16. The minimum absolute atomic E-state index is 0.0266. The van der Waals surface area contributed by atoms with Crippen LogP contribution in [0.5, 0.6) is 0 Å². The molecule has 1 unspecified atom stereocenters.